The van der Waals surface area contributed by atoms with Gasteiger partial charge < -0.3 is 20.1 Å². The van der Waals surface area contributed by atoms with E-state index in [0.717, 1.165) is 50.7 Å². The Kier molecular flexibility index (Phi) is 6.34. The van der Waals surface area contributed by atoms with E-state index in [1.165, 1.54) is 5.56 Å². The monoisotopic (exact) mass is 291 g/mol. The molecule has 1 aliphatic rings. The van der Waals surface area contributed by atoms with Gasteiger partial charge in [-0.05, 0) is 30.9 Å². The second kappa shape index (κ2) is 8.52. The fraction of sp³-hybridized carbons (Fsp3) is 0.562. The Balaban J connectivity index is 1.72. The number of nitrogens with zero attached hydrogens (tertiary/aromatic N) is 1. The van der Waals surface area contributed by atoms with Crippen LogP contribution < -0.4 is 15.4 Å². The zero-order chi connectivity index (χ0) is 14.9. The molecular formula is C16H25N3O2. The minimum absolute atomic E-state index is 0.317. The highest BCUT2D eigenvalue weighted by atomic mass is 16.5. The maximum Gasteiger partial charge on any atom is 0.191 e. The molecule has 0 radical (unpaired) electrons. The van der Waals surface area contributed by atoms with Crippen LogP contribution in [0.15, 0.2) is 29.3 Å². The molecule has 1 fully saturated rings. The lowest BCUT2D eigenvalue weighted by Crippen LogP contribution is -2.41. The third kappa shape index (κ3) is 4.93. The molecule has 0 bridgehead atoms. The molecule has 0 amide bonds. The molecule has 0 aliphatic carbocycles. The van der Waals surface area contributed by atoms with E-state index in [9.17, 15) is 0 Å². The molecular weight excluding hydrogens is 266 g/mol. The number of methoxy groups -OCH3 is 1. The summed E-state index contributed by atoms with van der Waals surface area (Å²) < 4.78 is 10.9. The Morgan fingerprint density at radius 2 is 2.24 bits per heavy atom. The molecule has 1 aliphatic heterocycles. The summed E-state index contributed by atoms with van der Waals surface area (Å²) >= 11 is 0. The van der Waals surface area contributed by atoms with Crippen molar-refractivity contribution in [1.29, 1.82) is 0 Å². The van der Waals surface area contributed by atoms with Gasteiger partial charge in [-0.3, -0.25) is 4.99 Å². The van der Waals surface area contributed by atoms with E-state index in [4.69, 9.17) is 9.47 Å². The van der Waals surface area contributed by atoms with Crippen molar-refractivity contribution in [2.24, 2.45) is 4.99 Å². The molecule has 2 N–H and O–H groups in total. The average molecular weight is 291 g/mol. The van der Waals surface area contributed by atoms with E-state index >= 15 is 0 Å². The third-order valence-electron chi connectivity index (χ3n) is 3.62. The standard InChI is InChI=1S/C16H25N3O2/c1-17-16(19-12-14-7-5-11-21-14)18-10-9-13-6-3-4-8-15(13)20-2/h3-4,6,8,14H,5,7,9-12H2,1-2H3,(H2,17,18,19). The highest BCUT2D eigenvalue weighted by Crippen LogP contribution is 2.17. The van der Waals surface area contributed by atoms with Crippen molar-refractivity contribution in [3.8, 4) is 5.75 Å². The minimum Gasteiger partial charge on any atom is -0.496 e. The molecule has 116 valence electrons. The van der Waals surface area contributed by atoms with Gasteiger partial charge in [-0.2, -0.15) is 0 Å². The molecule has 21 heavy (non-hydrogen) atoms. The number of benzene rings is 1. The van der Waals surface area contributed by atoms with Gasteiger partial charge in [0.1, 0.15) is 5.75 Å². The van der Waals surface area contributed by atoms with Gasteiger partial charge >= 0.3 is 0 Å². The molecule has 1 saturated heterocycles. The number of hydrogen-bond donors (Lipinski definition) is 2. The lowest BCUT2D eigenvalue weighted by molar-refractivity contribution is 0.114. The quantitative estimate of drug-likeness (QED) is 0.617. The van der Waals surface area contributed by atoms with Gasteiger partial charge in [0.25, 0.3) is 0 Å². The highest BCUT2D eigenvalue weighted by molar-refractivity contribution is 5.79. The first-order valence-electron chi connectivity index (χ1n) is 7.51. The summed E-state index contributed by atoms with van der Waals surface area (Å²) in [6.07, 6.45) is 3.50. The number of rotatable bonds is 6. The van der Waals surface area contributed by atoms with Crippen molar-refractivity contribution < 1.29 is 9.47 Å². The van der Waals surface area contributed by atoms with Crippen LogP contribution in [0.3, 0.4) is 0 Å². The molecule has 5 nitrogen and oxygen atoms in total. The molecule has 1 heterocycles. The fourth-order valence-electron chi connectivity index (χ4n) is 2.46. The summed E-state index contributed by atoms with van der Waals surface area (Å²) in [6, 6.07) is 8.09. The second-order valence-corrected chi connectivity index (χ2v) is 5.08. The smallest absolute Gasteiger partial charge is 0.191 e. The summed E-state index contributed by atoms with van der Waals surface area (Å²) in [4.78, 5) is 4.23. The summed E-state index contributed by atoms with van der Waals surface area (Å²) in [6.45, 7) is 2.51. The first kappa shape index (κ1) is 15.6. The van der Waals surface area contributed by atoms with Crippen molar-refractivity contribution in [1.82, 2.24) is 10.6 Å². The van der Waals surface area contributed by atoms with Crippen molar-refractivity contribution in [3.05, 3.63) is 29.8 Å². The van der Waals surface area contributed by atoms with E-state index in [1.54, 1.807) is 14.2 Å². The zero-order valence-electron chi connectivity index (χ0n) is 12.9. The van der Waals surface area contributed by atoms with E-state index in [2.05, 4.69) is 21.7 Å². The van der Waals surface area contributed by atoms with Crippen molar-refractivity contribution in [2.45, 2.75) is 25.4 Å². The van der Waals surface area contributed by atoms with Crippen LogP contribution >= 0.6 is 0 Å². The predicted octanol–water partition coefficient (Wildman–Crippen LogP) is 1.58. The predicted molar refractivity (Wildman–Crippen MR) is 85.0 cm³/mol. The molecule has 1 aromatic carbocycles. The number of aliphatic imine (C=N–C) groups is 1. The highest BCUT2D eigenvalue weighted by Gasteiger charge is 2.15. The van der Waals surface area contributed by atoms with Crippen molar-refractivity contribution >= 4 is 5.96 Å². The van der Waals surface area contributed by atoms with Gasteiger partial charge in [-0.15, -0.1) is 0 Å². The molecule has 5 heteroatoms. The van der Waals surface area contributed by atoms with Gasteiger partial charge in [0.2, 0.25) is 0 Å². The summed E-state index contributed by atoms with van der Waals surface area (Å²) in [7, 11) is 3.49. The van der Waals surface area contributed by atoms with Gasteiger partial charge in [0.05, 0.1) is 13.2 Å². The number of nitrogens with one attached hydrogen (secondary N) is 2. The van der Waals surface area contributed by atoms with Crippen LogP contribution in [0.1, 0.15) is 18.4 Å². The Labute approximate surface area is 126 Å². The zero-order valence-corrected chi connectivity index (χ0v) is 12.9. The van der Waals surface area contributed by atoms with Gasteiger partial charge in [-0.25, -0.2) is 0 Å². The van der Waals surface area contributed by atoms with Crippen LogP contribution in [0, 0.1) is 0 Å². The van der Waals surface area contributed by atoms with Gasteiger partial charge in [0, 0.05) is 26.7 Å². The summed E-state index contributed by atoms with van der Waals surface area (Å²) in [5.74, 6) is 1.75. The van der Waals surface area contributed by atoms with Crippen LogP contribution in [0.25, 0.3) is 0 Å². The summed E-state index contributed by atoms with van der Waals surface area (Å²) in [5, 5.41) is 6.63. The van der Waals surface area contributed by atoms with E-state index < -0.39 is 0 Å². The van der Waals surface area contributed by atoms with E-state index in [-0.39, 0.29) is 0 Å². The minimum atomic E-state index is 0.317. The number of para-hydroxylation sites is 1. The van der Waals surface area contributed by atoms with Crippen LogP contribution in [0.4, 0.5) is 0 Å². The maximum absolute atomic E-state index is 5.59. The van der Waals surface area contributed by atoms with Gasteiger partial charge in [0.15, 0.2) is 5.96 Å². The molecule has 0 saturated carbocycles. The van der Waals surface area contributed by atoms with E-state index in [1.807, 2.05) is 18.2 Å². The second-order valence-electron chi connectivity index (χ2n) is 5.08. The number of guanidine groups is 1. The molecule has 2 rings (SSSR count). The van der Waals surface area contributed by atoms with Crippen molar-refractivity contribution in [3.63, 3.8) is 0 Å². The number of ether oxygens (including phenoxy) is 2. The Bertz CT molecular complexity index is 457. The molecule has 0 spiro atoms. The Hall–Kier alpha value is -1.75. The maximum atomic E-state index is 5.59. The fourth-order valence-corrected chi connectivity index (χ4v) is 2.46. The largest absolute Gasteiger partial charge is 0.496 e. The van der Waals surface area contributed by atoms with Crippen molar-refractivity contribution in [2.75, 3.05) is 33.9 Å². The molecule has 1 atom stereocenters. The van der Waals surface area contributed by atoms with E-state index in [0.29, 0.717) is 6.10 Å². The number of hydrogen-bond acceptors (Lipinski definition) is 3. The normalized spacial score (nSPS) is 18.6. The topological polar surface area (TPSA) is 54.9 Å². The Morgan fingerprint density at radius 3 is 2.95 bits per heavy atom. The summed E-state index contributed by atoms with van der Waals surface area (Å²) in [5.41, 5.74) is 1.20. The lowest BCUT2D eigenvalue weighted by Gasteiger charge is -2.15. The molecule has 1 aromatic rings. The van der Waals surface area contributed by atoms with Gasteiger partial charge in [-0.1, -0.05) is 18.2 Å². The first-order chi connectivity index (χ1) is 10.3. The first-order valence-corrected chi connectivity index (χ1v) is 7.51. The lowest BCUT2D eigenvalue weighted by atomic mass is 10.1. The third-order valence-corrected chi connectivity index (χ3v) is 3.62. The average Bonchev–Trinajstić information content (AvgIpc) is 3.04. The van der Waals surface area contributed by atoms with Crippen LogP contribution in [-0.2, 0) is 11.2 Å². The van der Waals surface area contributed by atoms with Crippen LogP contribution in [-0.4, -0.2) is 45.9 Å². The van der Waals surface area contributed by atoms with Crippen LogP contribution in [0.2, 0.25) is 0 Å². The molecule has 1 unspecified atom stereocenters. The molecule has 0 aromatic heterocycles. The SMILES string of the molecule is CN=C(NCCc1ccccc1OC)NCC1CCCO1. The Morgan fingerprint density at radius 1 is 1.38 bits per heavy atom. The van der Waals surface area contributed by atoms with Crippen LogP contribution in [0.5, 0.6) is 5.75 Å².